The number of nitrogens with two attached hydrogens (primary N) is 1. The van der Waals surface area contributed by atoms with Crippen LogP contribution in [0.4, 0.5) is 5.69 Å². The van der Waals surface area contributed by atoms with E-state index in [4.69, 9.17) is 15.2 Å². The fourth-order valence-corrected chi connectivity index (χ4v) is 2.37. The summed E-state index contributed by atoms with van der Waals surface area (Å²) in [6, 6.07) is 5.59. The lowest BCUT2D eigenvalue weighted by Gasteiger charge is -2.30. The van der Waals surface area contributed by atoms with Gasteiger partial charge in [0.05, 0.1) is 19.6 Å². The van der Waals surface area contributed by atoms with Crippen LogP contribution in [-0.2, 0) is 9.53 Å². The molecule has 0 saturated heterocycles. The first kappa shape index (κ1) is 11.8. The largest absolute Gasteiger partial charge is 0.493 e. The predicted molar refractivity (Wildman–Crippen MR) is 64.9 cm³/mol. The maximum absolute atomic E-state index is 11.6. The van der Waals surface area contributed by atoms with Crippen LogP contribution >= 0.6 is 0 Å². The third-order valence-electron chi connectivity index (χ3n) is 3.33. The molecule has 4 heteroatoms. The van der Waals surface area contributed by atoms with Crippen LogP contribution in [0.15, 0.2) is 18.2 Å². The van der Waals surface area contributed by atoms with Crippen molar-refractivity contribution < 1.29 is 14.3 Å². The Labute approximate surface area is 101 Å². The summed E-state index contributed by atoms with van der Waals surface area (Å²) >= 11 is 0. The van der Waals surface area contributed by atoms with Crippen LogP contribution in [0.5, 0.6) is 5.75 Å². The van der Waals surface area contributed by atoms with Crippen molar-refractivity contribution >= 4 is 11.7 Å². The second-order valence-electron chi connectivity index (χ2n) is 4.31. The first-order valence-corrected chi connectivity index (χ1v) is 5.74. The van der Waals surface area contributed by atoms with E-state index in [2.05, 4.69) is 0 Å². The fourth-order valence-electron chi connectivity index (χ4n) is 2.37. The minimum absolute atomic E-state index is 0.0763. The summed E-state index contributed by atoms with van der Waals surface area (Å²) in [5.74, 6) is 0.461. The third-order valence-corrected chi connectivity index (χ3v) is 3.33. The van der Waals surface area contributed by atoms with E-state index in [9.17, 15) is 4.79 Å². The number of carbonyl (C=O) groups excluding carboxylic acids is 1. The zero-order chi connectivity index (χ0) is 12.4. The third kappa shape index (κ3) is 2.07. The van der Waals surface area contributed by atoms with Gasteiger partial charge in [-0.15, -0.1) is 0 Å². The Hall–Kier alpha value is -1.71. The number of nitrogen functional groups attached to an aromatic ring is 1. The summed E-state index contributed by atoms with van der Waals surface area (Å²) in [5, 5.41) is 0. The van der Waals surface area contributed by atoms with Gasteiger partial charge in [0.1, 0.15) is 5.75 Å². The topological polar surface area (TPSA) is 61.5 Å². The minimum Gasteiger partial charge on any atom is -0.493 e. The Kier molecular flexibility index (Phi) is 3.22. The van der Waals surface area contributed by atoms with Crippen molar-refractivity contribution in [3.8, 4) is 5.75 Å². The maximum atomic E-state index is 11.6. The highest BCUT2D eigenvalue weighted by atomic mass is 16.5. The number of esters is 1. The predicted octanol–water partition coefficient (Wildman–Crippen LogP) is 1.94. The maximum Gasteiger partial charge on any atom is 0.308 e. The monoisotopic (exact) mass is 235 g/mol. The number of methoxy groups -OCH3 is 1. The van der Waals surface area contributed by atoms with Gasteiger partial charge < -0.3 is 15.2 Å². The van der Waals surface area contributed by atoms with Crippen molar-refractivity contribution in [3.63, 3.8) is 0 Å². The van der Waals surface area contributed by atoms with Gasteiger partial charge in [-0.25, -0.2) is 0 Å². The van der Waals surface area contributed by atoms with Crippen molar-refractivity contribution in [2.24, 2.45) is 5.92 Å². The second-order valence-corrected chi connectivity index (χ2v) is 4.31. The van der Waals surface area contributed by atoms with Crippen molar-refractivity contribution in [1.82, 2.24) is 0 Å². The van der Waals surface area contributed by atoms with E-state index in [0.29, 0.717) is 12.3 Å². The number of hydrogen-bond acceptors (Lipinski definition) is 4. The van der Waals surface area contributed by atoms with Crippen LogP contribution in [0.3, 0.4) is 0 Å². The van der Waals surface area contributed by atoms with Gasteiger partial charge in [-0.2, -0.15) is 0 Å². The van der Waals surface area contributed by atoms with Crippen molar-refractivity contribution in [3.05, 3.63) is 23.8 Å². The van der Waals surface area contributed by atoms with Gasteiger partial charge in [-0.1, -0.05) is 13.0 Å². The number of fused-ring (bicyclic) bond motifs is 1. The lowest BCUT2D eigenvalue weighted by atomic mass is 9.82. The molecule has 4 nitrogen and oxygen atoms in total. The molecule has 0 spiro atoms. The Morgan fingerprint density at radius 3 is 3.06 bits per heavy atom. The average molecular weight is 235 g/mol. The molecule has 0 fully saturated rings. The van der Waals surface area contributed by atoms with Gasteiger partial charge in [-0.05, 0) is 18.6 Å². The second kappa shape index (κ2) is 4.65. The summed E-state index contributed by atoms with van der Waals surface area (Å²) in [7, 11) is 1.41. The van der Waals surface area contributed by atoms with Gasteiger partial charge in [-0.3, -0.25) is 4.79 Å². The van der Waals surface area contributed by atoms with E-state index in [1.807, 2.05) is 25.1 Å². The fraction of sp³-hybridized carbons (Fsp3) is 0.462. The molecule has 2 atom stereocenters. The quantitative estimate of drug-likeness (QED) is 0.628. The highest BCUT2D eigenvalue weighted by Gasteiger charge is 2.32. The average Bonchev–Trinajstić information content (AvgIpc) is 2.36. The van der Waals surface area contributed by atoms with Crippen LogP contribution in [0, 0.1) is 5.92 Å². The SMILES string of the molecule is COC(=O)C(C)C1CCOc2cccc(N)c21. The van der Waals surface area contributed by atoms with Crippen molar-refractivity contribution in [2.75, 3.05) is 19.5 Å². The number of carbonyl (C=O) groups is 1. The number of rotatable bonds is 2. The zero-order valence-corrected chi connectivity index (χ0v) is 10.1. The van der Waals surface area contributed by atoms with Crippen LogP contribution in [0.2, 0.25) is 0 Å². The van der Waals surface area contributed by atoms with Crippen LogP contribution in [0.25, 0.3) is 0 Å². The van der Waals surface area contributed by atoms with Gasteiger partial charge in [0.25, 0.3) is 0 Å². The molecule has 1 heterocycles. The lowest BCUT2D eigenvalue weighted by Crippen LogP contribution is -2.26. The standard InChI is InChI=1S/C13H17NO3/c1-8(13(15)16-2)9-6-7-17-11-5-3-4-10(14)12(9)11/h3-5,8-9H,6-7,14H2,1-2H3. The first-order chi connectivity index (χ1) is 8.15. The lowest BCUT2D eigenvalue weighted by molar-refractivity contribution is -0.145. The van der Waals surface area contributed by atoms with E-state index < -0.39 is 0 Å². The van der Waals surface area contributed by atoms with E-state index in [1.54, 1.807) is 0 Å². The van der Waals surface area contributed by atoms with Crippen molar-refractivity contribution in [2.45, 2.75) is 19.3 Å². The number of benzene rings is 1. The molecular formula is C13H17NO3. The first-order valence-electron chi connectivity index (χ1n) is 5.74. The molecule has 2 rings (SSSR count). The molecule has 1 aromatic rings. The number of hydrogen-bond donors (Lipinski definition) is 1. The molecule has 17 heavy (non-hydrogen) atoms. The highest BCUT2D eigenvalue weighted by molar-refractivity contribution is 5.74. The summed E-state index contributed by atoms with van der Waals surface area (Å²) in [6.07, 6.45) is 0.789. The molecule has 0 bridgehead atoms. The summed E-state index contributed by atoms with van der Waals surface area (Å²) in [4.78, 5) is 11.6. The smallest absolute Gasteiger partial charge is 0.308 e. The molecule has 1 aliphatic heterocycles. The molecule has 0 aromatic heterocycles. The van der Waals surface area contributed by atoms with E-state index in [0.717, 1.165) is 17.7 Å². The van der Waals surface area contributed by atoms with Gasteiger partial charge in [0.15, 0.2) is 0 Å². The molecule has 1 aromatic carbocycles. The molecule has 92 valence electrons. The molecular weight excluding hydrogens is 218 g/mol. The van der Waals surface area contributed by atoms with Gasteiger partial charge >= 0.3 is 5.97 Å². The van der Waals surface area contributed by atoms with Crippen LogP contribution < -0.4 is 10.5 Å². The number of ether oxygens (including phenoxy) is 2. The van der Waals surface area contributed by atoms with Crippen LogP contribution in [0.1, 0.15) is 24.8 Å². The van der Waals surface area contributed by atoms with E-state index >= 15 is 0 Å². The van der Waals surface area contributed by atoms with E-state index in [1.165, 1.54) is 7.11 Å². The van der Waals surface area contributed by atoms with Gasteiger partial charge in [0.2, 0.25) is 0 Å². The van der Waals surface area contributed by atoms with E-state index in [-0.39, 0.29) is 17.8 Å². The molecule has 2 unspecified atom stereocenters. The Bertz CT molecular complexity index is 431. The van der Waals surface area contributed by atoms with Crippen molar-refractivity contribution in [1.29, 1.82) is 0 Å². The normalized spacial score (nSPS) is 20.0. The number of anilines is 1. The summed E-state index contributed by atoms with van der Waals surface area (Å²) < 4.78 is 10.4. The molecule has 0 radical (unpaired) electrons. The molecule has 0 aliphatic carbocycles. The summed E-state index contributed by atoms with van der Waals surface area (Å²) in [5.41, 5.74) is 7.60. The molecule has 2 N–H and O–H groups in total. The molecule has 0 saturated carbocycles. The Morgan fingerprint density at radius 1 is 1.59 bits per heavy atom. The Balaban J connectivity index is 2.37. The molecule has 0 amide bonds. The van der Waals surface area contributed by atoms with Crippen LogP contribution in [-0.4, -0.2) is 19.7 Å². The minimum atomic E-state index is -0.203. The molecule has 1 aliphatic rings. The zero-order valence-electron chi connectivity index (χ0n) is 10.1. The van der Waals surface area contributed by atoms with Gasteiger partial charge in [0, 0.05) is 17.2 Å². The Morgan fingerprint density at radius 2 is 2.35 bits per heavy atom. The highest BCUT2D eigenvalue weighted by Crippen LogP contribution is 2.41. The summed E-state index contributed by atoms with van der Waals surface area (Å²) in [6.45, 7) is 2.49.